The summed E-state index contributed by atoms with van der Waals surface area (Å²) in [5, 5.41) is 28.3. The van der Waals surface area contributed by atoms with Crippen molar-refractivity contribution in [2.45, 2.75) is 24.5 Å². The number of halogens is 1. The van der Waals surface area contributed by atoms with Crippen LogP contribution in [-0.2, 0) is 4.74 Å². The Bertz CT molecular complexity index is 507. The molecule has 1 aromatic heterocycles. The highest BCUT2D eigenvalue weighted by Crippen LogP contribution is 2.29. The molecule has 1 aliphatic heterocycles. The Morgan fingerprint density at radius 2 is 2.17 bits per heavy atom. The number of rotatable bonds is 2. The third-order valence-corrected chi connectivity index (χ3v) is 3.34. The number of aromatic nitrogens is 2. The molecule has 5 N–H and O–H groups in total. The predicted octanol–water partition coefficient (Wildman–Crippen LogP) is -1.80. The summed E-state index contributed by atoms with van der Waals surface area (Å²) in [4.78, 5) is 15.2. The second-order valence-electron chi connectivity index (χ2n) is 3.89. The van der Waals surface area contributed by atoms with Crippen molar-refractivity contribution in [2.24, 2.45) is 0 Å². The molecule has 0 aromatic carbocycles. The third kappa shape index (κ3) is 2.15. The van der Waals surface area contributed by atoms with Gasteiger partial charge >= 0.3 is 5.69 Å². The van der Waals surface area contributed by atoms with E-state index in [0.29, 0.717) is 4.47 Å². The van der Waals surface area contributed by atoms with Gasteiger partial charge in [-0.2, -0.15) is 4.98 Å². The summed E-state index contributed by atoms with van der Waals surface area (Å²) >= 11 is 3.10. The second kappa shape index (κ2) is 4.94. The average Bonchev–Trinajstić information content (AvgIpc) is 2.61. The molecule has 1 aromatic rings. The van der Waals surface area contributed by atoms with Gasteiger partial charge in [-0.15, -0.1) is 0 Å². The molecule has 100 valence electrons. The van der Waals surface area contributed by atoms with Gasteiger partial charge in [0.1, 0.15) is 24.1 Å². The average molecular weight is 322 g/mol. The number of nitrogens with two attached hydrogens (primary N) is 1. The van der Waals surface area contributed by atoms with Crippen LogP contribution in [0.2, 0.25) is 0 Å². The Hall–Kier alpha value is -1.00. The van der Waals surface area contributed by atoms with Crippen LogP contribution >= 0.6 is 15.9 Å². The van der Waals surface area contributed by atoms with E-state index in [2.05, 4.69) is 20.9 Å². The highest BCUT2D eigenvalue weighted by atomic mass is 79.9. The van der Waals surface area contributed by atoms with Gasteiger partial charge < -0.3 is 25.8 Å². The summed E-state index contributed by atoms with van der Waals surface area (Å²) in [6.07, 6.45) is -3.37. The molecule has 0 aliphatic carbocycles. The normalized spacial score (nSPS) is 31.8. The van der Waals surface area contributed by atoms with Crippen LogP contribution in [-0.4, -0.2) is 49.8 Å². The van der Waals surface area contributed by atoms with Crippen LogP contribution in [0.3, 0.4) is 0 Å². The first kappa shape index (κ1) is 13.4. The molecule has 4 atom stereocenters. The minimum atomic E-state index is -1.34. The lowest BCUT2D eigenvalue weighted by molar-refractivity contribution is -0.0550. The summed E-state index contributed by atoms with van der Waals surface area (Å²) in [5.74, 6) is 0.0167. The molecule has 1 fully saturated rings. The fraction of sp³-hybridized carbons (Fsp3) is 0.556. The lowest BCUT2D eigenvalue weighted by atomic mass is 10.1. The first-order chi connectivity index (χ1) is 8.45. The topological polar surface area (TPSA) is 131 Å². The zero-order chi connectivity index (χ0) is 13.4. The van der Waals surface area contributed by atoms with Gasteiger partial charge in [-0.1, -0.05) is 0 Å². The van der Waals surface area contributed by atoms with E-state index in [1.54, 1.807) is 0 Å². The number of hydrogen-bond donors (Lipinski definition) is 4. The molecule has 2 heterocycles. The second-order valence-corrected chi connectivity index (χ2v) is 4.75. The van der Waals surface area contributed by atoms with Crippen LogP contribution < -0.4 is 11.4 Å². The first-order valence-corrected chi connectivity index (χ1v) is 5.91. The zero-order valence-electron chi connectivity index (χ0n) is 9.10. The van der Waals surface area contributed by atoms with E-state index in [4.69, 9.17) is 15.6 Å². The summed E-state index contributed by atoms with van der Waals surface area (Å²) < 4.78 is 6.57. The maximum absolute atomic E-state index is 11.6. The van der Waals surface area contributed by atoms with Crippen molar-refractivity contribution in [2.75, 3.05) is 12.3 Å². The molecule has 0 bridgehead atoms. The van der Waals surface area contributed by atoms with E-state index in [0.717, 1.165) is 4.57 Å². The molecular weight excluding hydrogens is 310 g/mol. The van der Waals surface area contributed by atoms with Crippen molar-refractivity contribution < 1.29 is 20.1 Å². The summed E-state index contributed by atoms with van der Waals surface area (Å²) in [7, 11) is 0. The number of nitrogens with zero attached hydrogens (tertiary/aromatic N) is 2. The quantitative estimate of drug-likeness (QED) is 0.505. The Morgan fingerprint density at radius 3 is 2.72 bits per heavy atom. The van der Waals surface area contributed by atoms with Gasteiger partial charge in [0.15, 0.2) is 6.23 Å². The minimum Gasteiger partial charge on any atom is -0.394 e. The molecule has 0 radical (unpaired) electrons. The molecule has 0 spiro atoms. The van der Waals surface area contributed by atoms with E-state index in [1.165, 1.54) is 6.20 Å². The lowest BCUT2D eigenvalue weighted by Crippen LogP contribution is -2.36. The highest BCUT2D eigenvalue weighted by Gasteiger charge is 2.43. The van der Waals surface area contributed by atoms with Crippen LogP contribution in [0.4, 0.5) is 5.82 Å². The third-order valence-electron chi connectivity index (χ3n) is 2.73. The van der Waals surface area contributed by atoms with Crippen molar-refractivity contribution in [3.63, 3.8) is 0 Å². The van der Waals surface area contributed by atoms with Crippen molar-refractivity contribution >= 4 is 21.7 Å². The van der Waals surface area contributed by atoms with Gasteiger partial charge in [-0.3, -0.25) is 4.57 Å². The molecular formula is C9H12BrN3O5. The van der Waals surface area contributed by atoms with Crippen molar-refractivity contribution in [1.29, 1.82) is 0 Å². The number of anilines is 1. The molecule has 1 saturated heterocycles. The molecule has 1 unspecified atom stereocenters. The maximum Gasteiger partial charge on any atom is 0.351 e. The Labute approximate surface area is 110 Å². The number of aliphatic hydroxyl groups is 3. The monoisotopic (exact) mass is 321 g/mol. The van der Waals surface area contributed by atoms with Crippen molar-refractivity contribution in [1.82, 2.24) is 9.55 Å². The van der Waals surface area contributed by atoms with E-state index in [1.807, 2.05) is 0 Å². The molecule has 0 saturated carbocycles. The summed E-state index contributed by atoms with van der Waals surface area (Å²) in [6, 6.07) is 0. The lowest BCUT2D eigenvalue weighted by Gasteiger charge is -2.17. The van der Waals surface area contributed by atoms with E-state index in [9.17, 15) is 15.0 Å². The van der Waals surface area contributed by atoms with Crippen LogP contribution in [0.25, 0.3) is 0 Å². The van der Waals surface area contributed by atoms with Crippen LogP contribution in [0.1, 0.15) is 6.23 Å². The number of hydrogen-bond acceptors (Lipinski definition) is 7. The minimum absolute atomic E-state index is 0.0167. The van der Waals surface area contributed by atoms with E-state index < -0.39 is 36.8 Å². The Kier molecular flexibility index (Phi) is 3.69. The van der Waals surface area contributed by atoms with Gasteiger partial charge in [-0.25, -0.2) is 4.79 Å². The molecule has 9 heteroatoms. The smallest absolute Gasteiger partial charge is 0.351 e. The molecule has 18 heavy (non-hydrogen) atoms. The standard InChI is InChI=1S/C9H12BrN3O5/c10-3-1-13(9(17)12-7(3)11)8-6(16)5(15)4(2-14)18-8/h1,4-6,8,14-16H,2H2,(H2,11,12,17)/t4-,5-,6-,8?/m1/s1. The zero-order valence-corrected chi connectivity index (χ0v) is 10.7. The fourth-order valence-electron chi connectivity index (χ4n) is 1.75. The highest BCUT2D eigenvalue weighted by molar-refractivity contribution is 9.10. The maximum atomic E-state index is 11.6. The Morgan fingerprint density at radius 1 is 1.50 bits per heavy atom. The first-order valence-electron chi connectivity index (χ1n) is 5.12. The largest absolute Gasteiger partial charge is 0.394 e. The molecule has 2 rings (SSSR count). The van der Waals surface area contributed by atoms with Crippen molar-refractivity contribution in [3.05, 3.63) is 21.2 Å². The molecule has 8 nitrogen and oxygen atoms in total. The van der Waals surface area contributed by atoms with Gasteiger partial charge in [0, 0.05) is 6.20 Å². The van der Waals surface area contributed by atoms with Crippen LogP contribution in [0, 0.1) is 0 Å². The van der Waals surface area contributed by atoms with Crippen LogP contribution in [0.5, 0.6) is 0 Å². The Balaban J connectivity index is 2.39. The van der Waals surface area contributed by atoms with Crippen molar-refractivity contribution in [3.8, 4) is 0 Å². The number of ether oxygens (including phenoxy) is 1. The SMILES string of the molecule is Nc1nc(=O)n(C2O[C@H](CO)[C@@H](O)[C@H]2O)cc1Br. The van der Waals surface area contributed by atoms with Crippen LogP contribution in [0.15, 0.2) is 15.5 Å². The van der Waals surface area contributed by atoms with Gasteiger partial charge in [0.25, 0.3) is 0 Å². The van der Waals surface area contributed by atoms with E-state index in [-0.39, 0.29) is 5.82 Å². The molecule has 1 aliphatic rings. The fourth-order valence-corrected chi connectivity index (χ4v) is 2.06. The number of aliphatic hydroxyl groups excluding tert-OH is 3. The predicted molar refractivity (Wildman–Crippen MR) is 63.6 cm³/mol. The van der Waals surface area contributed by atoms with Gasteiger partial charge in [-0.05, 0) is 15.9 Å². The molecule has 0 amide bonds. The van der Waals surface area contributed by atoms with Gasteiger partial charge in [0.05, 0.1) is 11.1 Å². The summed E-state index contributed by atoms with van der Waals surface area (Å²) in [5.41, 5.74) is 4.72. The van der Waals surface area contributed by atoms with E-state index >= 15 is 0 Å². The summed E-state index contributed by atoms with van der Waals surface area (Å²) in [6.45, 7) is -0.465. The van der Waals surface area contributed by atoms with Gasteiger partial charge in [0.2, 0.25) is 0 Å². The number of nitrogen functional groups attached to an aromatic ring is 1.